The first-order valence-corrected chi connectivity index (χ1v) is 5.49. The van der Waals surface area contributed by atoms with Gasteiger partial charge in [0, 0.05) is 17.0 Å². The van der Waals surface area contributed by atoms with Crippen LogP contribution in [0.3, 0.4) is 0 Å². The third-order valence-corrected chi connectivity index (χ3v) is 3.28. The number of fused-ring (bicyclic) bond motifs is 1. The number of aryl methyl sites for hydroxylation is 3. The van der Waals surface area contributed by atoms with E-state index in [0.29, 0.717) is 0 Å². The summed E-state index contributed by atoms with van der Waals surface area (Å²) in [5.74, 6) is 0.969. The van der Waals surface area contributed by atoms with Gasteiger partial charge in [-0.25, -0.2) is 0 Å². The zero-order valence-corrected chi connectivity index (χ0v) is 9.70. The molecule has 3 heteroatoms. The second-order valence-electron chi connectivity index (χ2n) is 4.54. The van der Waals surface area contributed by atoms with Crippen molar-refractivity contribution in [1.29, 1.82) is 0 Å². The Labute approximate surface area is 96.0 Å². The van der Waals surface area contributed by atoms with E-state index < -0.39 is 0 Å². The molecule has 1 aliphatic rings. The van der Waals surface area contributed by atoms with Gasteiger partial charge in [0.25, 0.3) is 0 Å². The molecule has 2 radical (unpaired) electrons. The molecule has 1 aromatic carbocycles. The van der Waals surface area contributed by atoms with E-state index in [2.05, 4.69) is 26.0 Å². The predicted octanol–water partition coefficient (Wildman–Crippen LogP) is 2.92. The first kappa shape index (κ1) is 9.97. The Balaban J connectivity index is 2.30. The highest BCUT2D eigenvalue weighted by Gasteiger charge is 2.37. The average molecular weight is 212 g/mol. The number of ether oxygens (including phenoxy) is 1. The van der Waals surface area contributed by atoms with Crippen LogP contribution < -0.4 is 0 Å². The average Bonchev–Trinajstić information content (AvgIpc) is 2.89. The van der Waals surface area contributed by atoms with Crippen LogP contribution in [-0.4, -0.2) is 13.8 Å². The van der Waals surface area contributed by atoms with Gasteiger partial charge in [0.2, 0.25) is 0 Å². The molecule has 2 heterocycles. The van der Waals surface area contributed by atoms with Crippen molar-refractivity contribution in [3.05, 3.63) is 34.6 Å². The molecule has 3 rings (SSSR count). The molecule has 0 amide bonds. The summed E-state index contributed by atoms with van der Waals surface area (Å²) in [7, 11) is 5.72. The van der Waals surface area contributed by atoms with Crippen LogP contribution in [0.15, 0.2) is 16.5 Å². The van der Waals surface area contributed by atoms with Gasteiger partial charge in [0.1, 0.15) is 25.3 Å². The molecule has 16 heavy (non-hydrogen) atoms. The van der Waals surface area contributed by atoms with Crippen LogP contribution >= 0.6 is 0 Å². The van der Waals surface area contributed by atoms with Gasteiger partial charge in [-0.15, -0.1) is 0 Å². The standard InChI is InChI=1S/C13H13BO2/c1-6-4-9-7(2)8(3)15-11(9)10(5-6)12-13(14)16-12/h4-5,12-13H,1-3H3. The smallest absolute Gasteiger partial charge is 0.140 e. The number of rotatable bonds is 1. The summed E-state index contributed by atoms with van der Waals surface area (Å²) in [6.07, 6.45) is 0.00681. The van der Waals surface area contributed by atoms with E-state index in [9.17, 15) is 0 Å². The van der Waals surface area contributed by atoms with Crippen molar-refractivity contribution in [1.82, 2.24) is 0 Å². The summed E-state index contributed by atoms with van der Waals surface area (Å²) in [6.45, 7) is 6.15. The minimum atomic E-state index is -0.171. The lowest BCUT2D eigenvalue weighted by Crippen LogP contribution is -1.89. The molecule has 0 N–H and O–H groups in total. The highest BCUT2D eigenvalue weighted by molar-refractivity contribution is 6.13. The van der Waals surface area contributed by atoms with Crippen molar-refractivity contribution in [3.63, 3.8) is 0 Å². The van der Waals surface area contributed by atoms with E-state index in [4.69, 9.17) is 17.0 Å². The van der Waals surface area contributed by atoms with Gasteiger partial charge >= 0.3 is 0 Å². The monoisotopic (exact) mass is 212 g/mol. The van der Waals surface area contributed by atoms with Crippen molar-refractivity contribution >= 4 is 18.8 Å². The molecule has 2 atom stereocenters. The molecule has 1 aliphatic heterocycles. The molecule has 0 spiro atoms. The summed E-state index contributed by atoms with van der Waals surface area (Å²) in [5, 5.41) is 1.18. The Morgan fingerprint density at radius 1 is 1.19 bits per heavy atom. The molecular weight excluding hydrogens is 199 g/mol. The number of furan rings is 1. The Kier molecular flexibility index (Phi) is 1.96. The van der Waals surface area contributed by atoms with Crippen LogP contribution in [0.5, 0.6) is 0 Å². The third kappa shape index (κ3) is 1.31. The molecule has 2 unspecified atom stereocenters. The lowest BCUT2D eigenvalue weighted by molar-refractivity contribution is 0.403. The SMILES string of the molecule is [B]C1OC1c1cc(C)cc2c(C)c(C)oc12. The fraction of sp³-hybridized carbons (Fsp3) is 0.385. The highest BCUT2D eigenvalue weighted by Crippen LogP contribution is 2.42. The van der Waals surface area contributed by atoms with Crippen LogP contribution in [0.2, 0.25) is 0 Å². The minimum Gasteiger partial charge on any atom is -0.461 e. The number of epoxide rings is 1. The molecule has 2 aromatic rings. The third-order valence-electron chi connectivity index (χ3n) is 3.28. The quantitative estimate of drug-likeness (QED) is 0.536. The topological polar surface area (TPSA) is 25.7 Å². The first-order chi connectivity index (χ1) is 7.58. The molecular formula is C13H13BO2. The van der Waals surface area contributed by atoms with Crippen molar-refractivity contribution in [2.75, 3.05) is 0 Å². The van der Waals surface area contributed by atoms with E-state index in [0.717, 1.165) is 16.9 Å². The van der Waals surface area contributed by atoms with Gasteiger partial charge in [0.15, 0.2) is 0 Å². The van der Waals surface area contributed by atoms with Crippen molar-refractivity contribution < 1.29 is 9.15 Å². The van der Waals surface area contributed by atoms with Crippen LogP contribution in [0.1, 0.15) is 28.6 Å². The fourth-order valence-corrected chi connectivity index (χ4v) is 2.20. The van der Waals surface area contributed by atoms with E-state index in [-0.39, 0.29) is 12.1 Å². The van der Waals surface area contributed by atoms with Gasteiger partial charge in [0.05, 0.1) is 0 Å². The highest BCUT2D eigenvalue weighted by atomic mass is 16.6. The Morgan fingerprint density at radius 3 is 2.50 bits per heavy atom. The van der Waals surface area contributed by atoms with Gasteiger partial charge in [-0.1, -0.05) is 0 Å². The second-order valence-corrected chi connectivity index (χ2v) is 4.54. The van der Waals surface area contributed by atoms with Gasteiger partial charge in [-0.2, -0.15) is 0 Å². The maximum atomic E-state index is 5.80. The van der Waals surface area contributed by atoms with Crippen LogP contribution in [-0.2, 0) is 4.74 Å². The van der Waals surface area contributed by atoms with E-state index in [1.165, 1.54) is 16.5 Å². The maximum absolute atomic E-state index is 5.80. The van der Waals surface area contributed by atoms with Gasteiger partial charge < -0.3 is 9.15 Å². The van der Waals surface area contributed by atoms with Crippen LogP contribution in [0.25, 0.3) is 11.0 Å². The predicted molar refractivity (Wildman–Crippen MR) is 63.8 cm³/mol. The number of benzene rings is 1. The molecule has 0 aliphatic carbocycles. The number of hydrogen-bond acceptors (Lipinski definition) is 2. The fourth-order valence-electron chi connectivity index (χ4n) is 2.20. The number of hydrogen-bond donors (Lipinski definition) is 0. The van der Waals surface area contributed by atoms with Crippen molar-refractivity contribution in [2.45, 2.75) is 32.9 Å². The molecule has 80 valence electrons. The lowest BCUT2D eigenvalue weighted by Gasteiger charge is -2.01. The molecule has 0 bridgehead atoms. The zero-order chi connectivity index (χ0) is 11.4. The summed E-state index contributed by atoms with van der Waals surface area (Å²) >= 11 is 0. The van der Waals surface area contributed by atoms with Gasteiger partial charge in [-0.3, -0.25) is 0 Å². The largest absolute Gasteiger partial charge is 0.461 e. The summed E-state index contributed by atoms with van der Waals surface area (Å²) < 4.78 is 11.1. The molecule has 0 saturated carbocycles. The van der Waals surface area contributed by atoms with E-state index >= 15 is 0 Å². The second kappa shape index (κ2) is 3.14. The lowest BCUT2D eigenvalue weighted by atomic mass is 9.95. The van der Waals surface area contributed by atoms with Crippen LogP contribution in [0.4, 0.5) is 0 Å². The van der Waals surface area contributed by atoms with Crippen molar-refractivity contribution in [2.24, 2.45) is 0 Å². The maximum Gasteiger partial charge on any atom is 0.140 e. The zero-order valence-electron chi connectivity index (χ0n) is 9.70. The summed E-state index contributed by atoms with van der Waals surface area (Å²) in [5.41, 5.74) is 4.43. The Hall–Kier alpha value is -1.22. The Bertz CT molecular complexity index is 571. The molecule has 1 fully saturated rings. The molecule has 1 aromatic heterocycles. The van der Waals surface area contributed by atoms with E-state index in [1.807, 2.05) is 6.92 Å². The molecule has 2 nitrogen and oxygen atoms in total. The first-order valence-electron chi connectivity index (χ1n) is 5.49. The van der Waals surface area contributed by atoms with Gasteiger partial charge in [-0.05, 0) is 44.0 Å². The molecule has 1 saturated heterocycles. The van der Waals surface area contributed by atoms with Crippen molar-refractivity contribution in [3.8, 4) is 0 Å². The summed E-state index contributed by atoms with van der Waals surface area (Å²) in [6, 6.07) is 4.08. The normalized spacial score (nSPS) is 23.9. The van der Waals surface area contributed by atoms with Crippen LogP contribution in [0, 0.1) is 20.8 Å². The Morgan fingerprint density at radius 2 is 1.88 bits per heavy atom. The van der Waals surface area contributed by atoms with E-state index in [1.54, 1.807) is 0 Å². The minimum absolute atomic E-state index is 0.00681. The summed E-state index contributed by atoms with van der Waals surface area (Å²) in [4.78, 5) is 0.